The fourth-order valence-corrected chi connectivity index (χ4v) is 2.09. The lowest BCUT2D eigenvalue weighted by Gasteiger charge is -2.16. The first kappa shape index (κ1) is 15.6. The summed E-state index contributed by atoms with van der Waals surface area (Å²) in [5, 5.41) is 2.66. The second-order valence-corrected chi connectivity index (χ2v) is 4.85. The minimum atomic E-state index is -0.778. The molecule has 5 heteroatoms. The van der Waals surface area contributed by atoms with E-state index in [-0.39, 0.29) is 5.91 Å². The zero-order valence-corrected chi connectivity index (χ0v) is 12.3. The Balaban J connectivity index is 2.10. The van der Waals surface area contributed by atoms with E-state index in [1.54, 1.807) is 31.4 Å². The van der Waals surface area contributed by atoms with Crippen LogP contribution in [0.3, 0.4) is 0 Å². The molecule has 22 heavy (non-hydrogen) atoms. The number of carbonyl (C=O) groups is 2. The lowest BCUT2D eigenvalue weighted by molar-refractivity contribution is -0.119. The summed E-state index contributed by atoms with van der Waals surface area (Å²) >= 11 is 0. The Bertz CT molecular complexity index is 656. The summed E-state index contributed by atoms with van der Waals surface area (Å²) < 4.78 is 5.14. The monoisotopic (exact) mass is 298 g/mol. The Morgan fingerprint density at radius 2 is 1.86 bits per heavy atom. The van der Waals surface area contributed by atoms with E-state index < -0.39 is 11.9 Å². The van der Waals surface area contributed by atoms with E-state index in [2.05, 4.69) is 5.32 Å². The van der Waals surface area contributed by atoms with E-state index in [1.807, 2.05) is 30.3 Å². The molecular weight excluding hydrogens is 280 g/mol. The Hall–Kier alpha value is -2.82. The van der Waals surface area contributed by atoms with Crippen molar-refractivity contribution in [3.05, 3.63) is 65.7 Å². The van der Waals surface area contributed by atoms with Crippen molar-refractivity contribution in [3.63, 3.8) is 0 Å². The third-order valence-electron chi connectivity index (χ3n) is 3.26. The highest BCUT2D eigenvalue weighted by Crippen LogP contribution is 2.14. The van der Waals surface area contributed by atoms with Crippen molar-refractivity contribution in [1.82, 2.24) is 5.32 Å². The molecule has 0 spiro atoms. The number of carbonyl (C=O) groups excluding carboxylic acids is 2. The van der Waals surface area contributed by atoms with E-state index in [9.17, 15) is 9.59 Å². The van der Waals surface area contributed by atoms with Crippen LogP contribution in [0.25, 0.3) is 0 Å². The number of ether oxygens (including phenoxy) is 1. The van der Waals surface area contributed by atoms with Gasteiger partial charge in [0.15, 0.2) is 0 Å². The fourth-order valence-electron chi connectivity index (χ4n) is 2.09. The summed E-state index contributed by atoms with van der Waals surface area (Å²) in [5.74, 6) is -0.213. The SMILES string of the molecule is COc1cccc(C[C@@H](NC(=O)c2ccccc2)C(N)=O)c1. The number of amides is 2. The molecule has 0 saturated heterocycles. The van der Waals surface area contributed by atoms with E-state index in [4.69, 9.17) is 10.5 Å². The lowest BCUT2D eigenvalue weighted by Crippen LogP contribution is -2.45. The number of nitrogens with two attached hydrogens (primary N) is 1. The maximum Gasteiger partial charge on any atom is 0.251 e. The summed E-state index contributed by atoms with van der Waals surface area (Å²) in [6, 6.07) is 15.2. The average molecular weight is 298 g/mol. The van der Waals surface area contributed by atoms with Gasteiger partial charge in [-0.1, -0.05) is 30.3 Å². The number of hydrogen-bond donors (Lipinski definition) is 2. The van der Waals surface area contributed by atoms with Crippen LogP contribution in [0.1, 0.15) is 15.9 Å². The molecule has 0 fully saturated rings. The first-order chi connectivity index (χ1) is 10.6. The van der Waals surface area contributed by atoms with Crippen LogP contribution in [-0.2, 0) is 11.2 Å². The summed E-state index contributed by atoms with van der Waals surface area (Å²) in [6.07, 6.45) is 0.311. The average Bonchev–Trinajstić information content (AvgIpc) is 2.55. The van der Waals surface area contributed by atoms with Gasteiger partial charge in [0.05, 0.1) is 7.11 Å². The molecule has 2 aromatic rings. The van der Waals surface area contributed by atoms with Crippen molar-refractivity contribution in [3.8, 4) is 5.75 Å². The molecule has 2 amide bonds. The molecule has 2 rings (SSSR count). The Morgan fingerprint density at radius 1 is 1.14 bits per heavy atom. The molecule has 0 aliphatic rings. The first-order valence-electron chi connectivity index (χ1n) is 6.88. The highest BCUT2D eigenvalue weighted by atomic mass is 16.5. The predicted molar refractivity (Wildman–Crippen MR) is 83.6 cm³/mol. The van der Waals surface area contributed by atoms with Gasteiger partial charge in [0.2, 0.25) is 5.91 Å². The van der Waals surface area contributed by atoms with Crippen molar-refractivity contribution >= 4 is 11.8 Å². The molecule has 5 nitrogen and oxygen atoms in total. The summed E-state index contributed by atoms with van der Waals surface area (Å²) in [4.78, 5) is 23.7. The Kier molecular flexibility index (Phi) is 5.14. The molecule has 0 aromatic heterocycles. The third kappa shape index (κ3) is 4.09. The second-order valence-electron chi connectivity index (χ2n) is 4.85. The minimum absolute atomic E-state index is 0.311. The molecule has 0 unspecified atom stereocenters. The number of hydrogen-bond acceptors (Lipinski definition) is 3. The van der Waals surface area contributed by atoms with Gasteiger partial charge in [-0.3, -0.25) is 9.59 Å². The lowest BCUT2D eigenvalue weighted by atomic mass is 10.0. The number of nitrogens with one attached hydrogen (secondary N) is 1. The maximum absolute atomic E-state index is 12.1. The van der Waals surface area contributed by atoms with E-state index in [0.717, 1.165) is 5.56 Å². The maximum atomic E-state index is 12.1. The Labute approximate surface area is 129 Å². The van der Waals surface area contributed by atoms with Gasteiger partial charge < -0.3 is 15.8 Å². The normalized spacial score (nSPS) is 11.5. The molecule has 0 radical (unpaired) electrons. The molecule has 0 heterocycles. The van der Waals surface area contributed by atoms with Gasteiger partial charge in [-0.25, -0.2) is 0 Å². The predicted octanol–water partition coefficient (Wildman–Crippen LogP) is 1.52. The van der Waals surface area contributed by atoms with Crippen molar-refractivity contribution in [1.29, 1.82) is 0 Å². The first-order valence-corrected chi connectivity index (χ1v) is 6.88. The van der Waals surface area contributed by atoms with Gasteiger partial charge in [-0.05, 0) is 29.8 Å². The molecule has 0 aliphatic heterocycles. The van der Waals surface area contributed by atoms with Crippen LogP contribution >= 0.6 is 0 Å². The second kappa shape index (κ2) is 7.26. The highest BCUT2D eigenvalue weighted by molar-refractivity contribution is 5.97. The van der Waals surface area contributed by atoms with E-state index in [0.29, 0.717) is 17.7 Å². The van der Waals surface area contributed by atoms with Crippen molar-refractivity contribution in [2.45, 2.75) is 12.5 Å². The molecule has 0 aliphatic carbocycles. The number of rotatable bonds is 6. The highest BCUT2D eigenvalue weighted by Gasteiger charge is 2.19. The largest absolute Gasteiger partial charge is 0.497 e. The van der Waals surface area contributed by atoms with Crippen LogP contribution in [0.5, 0.6) is 5.75 Å². The van der Waals surface area contributed by atoms with Crippen molar-refractivity contribution in [2.24, 2.45) is 5.73 Å². The standard InChI is InChI=1S/C17H18N2O3/c1-22-14-9-5-6-12(10-14)11-15(16(18)20)19-17(21)13-7-3-2-4-8-13/h2-10,15H,11H2,1H3,(H2,18,20)(H,19,21)/t15-/m1/s1. The zero-order chi connectivity index (χ0) is 15.9. The van der Waals surface area contributed by atoms with Crippen LogP contribution in [0.15, 0.2) is 54.6 Å². The van der Waals surface area contributed by atoms with Gasteiger partial charge in [0, 0.05) is 12.0 Å². The minimum Gasteiger partial charge on any atom is -0.497 e. The zero-order valence-electron chi connectivity index (χ0n) is 12.3. The van der Waals surface area contributed by atoms with E-state index in [1.165, 1.54) is 0 Å². The molecule has 1 atom stereocenters. The molecule has 2 aromatic carbocycles. The van der Waals surface area contributed by atoms with Crippen LogP contribution in [0, 0.1) is 0 Å². The number of methoxy groups -OCH3 is 1. The summed E-state index contributed by atoms with van der Waals surface area (Å²) in [6.45, 7) is 0. The molecule has 0 bridgehead atoms. The van der Waals surface area contributed by atoms with Gasteiger partial charge in [-0.2, -0.15) is 0 Å². The smallest absolute Gasteiger partial charge is 0.251 e. The summed E-state index contributed by atoms with van der Waals surface area (Å²) in [5.41, 5.74) is 6.74. The molecular formula is C17H18N2O3. The molecule has 114 valence electrons. The third-order valence-corrected chi connectivity index (χ3v) is 3.26. The number of primary amides is 1. The van der Waals surface area contributed by atoms with Crippen LogP contribution < -0.4 is 15.8 Å². The van der Waals surface area contributed by atoms with Gasteiger partial charge in [0.1, 0.15) is 11.8 Å². The van der Waals surface area contributed by atoms with Crippen LogP contribution in [0.4, 0.5) is 0 Å². The van der Waals surface area contributed by atoms with Gasteiger partial charge >= 0.3 is 0 Å². The van der Waals surface area contributed by atoms with Crippen molar-refractivity contribution in [2.75, 3.05) is 7.11 Å². The number of benzene rings is 2. The fraction of sp³-hybridized carbons (Fsp3) is 0.176. The van der Waals surface area contributed by atoms with Gasteiger partial charge in [0.25, 0.3) is 5.91 Å². The van der Waals surface area contributed by atoms with E-state index >= 15 is 0 Å². The molecule has 0 saturated carbocycles. The van der Waals surface area contributed by atoms with Crippen LogP contribution in [-0.4, -0.2) is 25.0 Å². The van der Waals surface area contributed by atoms with Crippen LogP contribution in [0.2, 0.25) is 0 Å². The topological polar surface area (TPSA) is 81.4 Å². The quantitative estimate of drug-likeness (QED) is 0.848. The van der Waals surface area contributed by atoms with Gasteiger partial charge in [-0.15, -0.1) is 0 Å². The molecule has 3 N–H and O–H groups in total. The Morgan fingerprint density at radius 3 is 2.50 bits per heavy atom. The summed E-state index contributed by atoms with van der Waals surface area (Å²) in [7, 11) is 1.57. The van der Waals surface area contributed by atoms with Crippen molar-refractivity contribution < 1.29 is 14.3 Å².